The van der Waals surface area contributed by atoms with Crippen molar-refractivity contribution in [1.82, 2.24) is 14.5 Å². The molecule has 4 heterocycles. The molecule has 3 aromatic heterocycles. The molecular formula is C22H18N4O2S2. The summed E-state index contributed by atoms with van der Waals surface area (Å²) in [7, 11) is 0. The molecule has 0 atom stereocenters. The van der Waals surface area contributed by atoms with Crippen molar-refractivity contribution < 1.29 is 4.79 Å². The Hall–Kier alpha value is -3.10. The highest BCUT2D eigenvalue weighted by Gasteiger charge is 2.23. The first-order valence-electron chi connectivity index (χ1n) is 9.63. The monoisotopic (exact) mass is 434 g/mol. The first kappa shape index (κ1) is 18.9. The first-order chi connectivity index (χ1) is 14.7. The van der Waals surface area contributed by atoms with Crippen LogP contribution in [0.2, 0.25) is 0 Å². The van der Waals surface area contributed by atoms with Crippen molar-refractivity contribution in [3.63, 3.8) is 0 Å². The van der Waals surface area contributed by atoms with Gasteiger partial charge in [-0.1, -0.05) is 24.3 Å². The average molecular weight is 435 g/mol. The third-order valence-corrected chi connectivity index (χ3v) is 6.89. The molecule has 5 rings (SSSR count). The zero-order chi connectivity index (χ0) is 20.5. The number of nitrogens with zero attached hydrogens (tertiary/aromatic N) is 4. The van der Waals surface area contributed by atoms with E-state index < -0.39 is 0 Å². The van der Waals surface area contributed by atoms with E-state index in [9.17, 15) is 9.59 Å². The fraction of sp³-hybridized carbons (Fsp3) is 0.182. The van der Waals surface area contributed by atoms with E-state index >= 15 is 0 Å². The standard InChI is InChI=1S/C22H18N4O2S2/c27-20(26-9-3-6-15-5-1-2-7-18(15)26)12-25-14-23-11-16(22(25)28)21-24-17(13-30-21)19-8-4-10-29-19/h1-2,4-5,7-8,10-11,13-14H,3,6,9,12H2. The number of carbonyl (C=O) groups is 1. The number of anilines is 1. The second-order valence-corrected chi connectivity index (χ2v) is 8.84. The molecule has 0 radical (unpaired) electrons. The highest BCUT2D eigenvalue weighted by molar-refractivity contribution is 7.15. The smallest absolute Gasteiger partial charge is 0.264 e. The van der Waals surface area contributed by atoms with Crippen LogP contribution in [-0.4, -0.2) is 27.0 Å². The van der Waals surface area contributed by atoms with E-state index in [1.165, 1.54) is 34.0 Å². The van der Waals surface area contributed by atoms with Crippen molar-refractivity contribution in [2.24, 2.45) is 0 Å². The van der Waals surface area contributed by atoms with Crippen LogP contribution in [0.25, 0.3) is 21.1 Å². The van der Waals surface area contributed by atoms with Gasteiger partial charge in [0.05, 0.1) is 22.5 Å². The number of amides is 1. The van der Waals surface area contributed by atoms with Crippen LogP contribution in [0.1, 0.15) is 12.0 Å². The molecule has 4 aromatic rings. The van der Waals surface area contributed by atoms with Gasteiger partial charge in [0.25, 0.3) is 5.56 Å². The lowest BCUT2D eigenvalue weighted by Gasteiger charge is -2.29. The summed E-state index contributed by atoms with van der Waals surface area (Å²) in [5.41, 5.74) is 3.11. The van der Waals surface area contributed by atoms with Gasteiger partial charge in [0.15, 0.2) is 0 Å². The molecule has 150 valence electrons. The molecule has 0 bridgehead atoms. The average Bonchev–Trinajstić information content (AvgIpc) is 3.47. The van der Waals surface area contributed by atoms with E-state index in [-0.39, 0.29) is 18.0 Å². The maximum atomic E-state index is 13.1. The van der Waals surface area contributed by atoms with Crippen molar-refractivity contribution in [1.29, 1.82) is 0 Å². The molecule has 0 saturated heterocycles. The van der Waals surface area contributed by atoms with E-state index in [0.717, 1.165) is 29.1 Å². The number of aromatic nitrogens is 3. The van der Waals surface area contributed by atoms with Crippen molar-refractivity contribution in [3.8, 4) is 21.1 Å². The molecule has 8 heteroatoms. The molecule has 1 aliphatic heterocycles. The van der Waals surface area contributed by atoms with Gasteiger partial charge in [0.2, 0.25) is 5.91 Å². The number of hydrogen-bond donors (Lipinski definition) is 0. The normalized spacial score (nSPS) is 13.3. The zero-order valence-corrected chi connectivity index (χ0v) is 17.7. The third kappa shape index (κ3) is 3.48. The fourth-order valence-corrected chi connectivity index (χ4v) is 5.25. The lowest BCUT2D eigenvalue weighted by atomic mass is 10.0. The van der Waals surface area contributed by atoms with Crippen LogP contribution in [0.4, 0.5) is 5.69 Å². The Bertz CT molecular complexity index is 1260. The molecule has 0 fully saturated rings. The van der Waals surface area contributed by atoms with Crippen molar-refractivity contribution >= 4 is 34.3 Å². The summed E-state index contributed by atoms with van der Waals surface area (Å²) in [5.74, 6) is -0.110. The highest BCUT2D eigenvalue weighted by Crippen LogP contribution is 2.30. The molecule has 0 spiro atoms. The third-order valence-electron chi connectivity index (χ3n) is 5.13. The second kappa shape index (κ2) is 7.97. The minimum absolute atomic E-state index is 0.0445. The number of benzene rings is 1. The maximum Gasteiger partial charge on any atom is 0.264 e. The summed E-state index contributed by atoms with van der Waals surface area (Å²) >= 11 is 3.01. The molecule has 1 aromatic carbocycles. The number of para-hydroxylation sites is 1. The first-order valence-corrected chi connectivity index (χ1v) is 11.4. The number of carbonyl (C=O) groups excluding carboxylic acids is 1. The van der Waals surface area contributed by atoms with Gasteiger partial charge in [-0.2, -0.15) is 0 Å². The van der Waals surface area contributed by atoms with E-state index in [0.29, 0.717) is 17.1 Å². The molecule has 30 heavy (non-hydrogen) atoms. The van der Waals surface area contributed by atoms with Crippen LogP contribution in [0, 0.1) is 0 Å². The molecule has 1 aliphatic rings. The van der Waals surface area contributed by atoms with Gasteiger partial charge < -0.3 is 4.90 Å². The van der Waals surface area contributed by atoms with Crippen LogP contribution >= 0.6 is 22.7 Å². The fourth-order valence-electron chi connectivity index (χ4n) is 3.67. The molecular weight excluding hydrogens is 416 g/mol. The summed E-state index contributed by atoms with van der Waals surface area (Å²) in [5, 5.41) is 4.55. The van der Waals surface area contributed by atoms with Gasteiger partial charge in [0, 0.05) is 23.8 Å². The maximum absolute atomic E-state index is 13.1. The predicted molar refractivity (Wildman–Crippen MR) is 120 cm³/mol. The Morgan fingerprint density at radius 2 is 2.03 bits per heavy atom. The Labute approximate surface area is 181 Å². The van der Waals surface area contributed by atoms with Crippen LogP contribution in [0.3, 0.4) is 0 Å². The van der Waals surface area contributed by atoms with E-state index in [1.807, 2.05) is 41.1 Å². The van der Waals surface area contributed by atoms with E-state index in [4.69, 9.17) is 0 Å². The summed E-state index contributed by atoms with van der Waals surface area (Å²) in [6, 6.07) is 11.9. The summed E-state index contributed by atoms with van der Waals surface area (Å²) in [6.45, 7) is 0.617. The largest absolute Gasteiger partial charge is 0.311 e. The van der Waals surface area contributed by atoms with Gasteiger partial charge in [-0.05, 0) is 35.9 Å². The zero-order valence-electron chi connectivity index (χ0n) is 16.0. The number of thiophene rings is 1. The van der Waals surface area contributed by atoms with E-state index in [1.54, 1.807) is 16.2 Å². The molecule has 0 saturated carbocycles. The van der Waals surface area contributed by atoms with E-state index in [2.05, 4.69) is 16.0 Å². The molecule has 6 nitrogen and oxygen atoms in total. The second-order valence-electron chi connectivity index (χ2n) is 7.03. The summed E-state index contributed by atoms with van der Waals surface area (Å²) < 4.78 is 1.38. The van der Waals surface area contributed by atoms with Crippen LogP contribution in [0.15, 0.2) is 64.5 Å². The summed E-state index contributed by atoms with van der Waals surface area (Å²) in [4.78, 5) is 37.7. The summed E-state index contributed by atoms with van der Waals surface area (Å²) in [6.07, 6.45) is 4.83. The predicted octanol–water partition coefficient (Wildman–Crippen LogP) is 4.07. The van der Waals surface area contributed by atoms with Gasteiger partial charge in [0.1, 0.15) is 11.6 Å². The van der Waals surface area contributed by atoms with Gasteiger partial charge in [-0.25, -0.2) is 9.97 Å². The van der Waals surface area contributed by atoms with Crippen molar-refractivity contribution in [2.75, 3.05) is 11.4 Å². The van der Waals surface area contributed by atoms with Crippen LogP contribution in [-0.2, 0) is 17.8 Å². The molecule has 0 N–H and O–H groups in total. The highest BCUT2D eigenvalue weighted by atomic mass is 32.1. The molecule has 0 aliphatic carbocycles. The number of thiazole rings is 1. The van der Waals surface area contributed by atoms with Crippen molar-refractivity contribution in [2.45, 2.75) is 19.4 Å². The Morgan fingerprint density at radius 3 is 2.90 bits per heavy atom. The van der Waals surface area contributed by atoms with Gasteiger partial charge >= 0.3 is 0 Å². The SMILES string of the molecule is O=C(Cn1cncc(-c2nc(-c3cccs3)cs2)c1=O)N1CCCc2ccccc21. The molecule has 0 unspecified atom stereocenters. The van der Waals surface area contributed by atoms with Gasteiger partial charge in [-0.3, -0.25) is 14.2 Å². The Kier molecular flexibility index (Phi) is 5.02. The Morgan fingerprint density at radius 1 is 1.13 bits per heavy atom. The van der Waals surface area contributed by atoms with Crippen molar-refractivity contribution in [3.05, 3.63) is 75.6 Å². The van der Waals surface area contributed by atoms with Gasteiger partial charge in [-0.15, -0.1) is 22.7 Å². The quantitative estimate of drug-likeness (QED) is 0.485. The van der Waals surface area contributed by atoms with Crippen LogP contribution in [0.5, 0.6) is 0 Å². The lowest BCUT2D eigenvalue weighted by Crippen LogP contribution is -2.39. The lowest BCUT2D eigenvalue weighted by molar-refractivity contribution is -0.119. The number of rotatable bonds is 4. The minimum atomic E-state index is -0.254. The topological polar surface area (TPSA) is 68.1 Å². The molecule has 1 amide bonds. The minimum Gasteiger partial charge on any atom is -0.311 e. The number of aryl methyl sites for hydroxylation is 1. The van der Waals surface area contributed by atoms with Crippen LogP contribution < -0.4 is 10.5 Å². The Balaban J connectivity index is 1.42. The number of fused-ring (bicyclic) bond motifs is 1. The number of hydrogen-bond acceptors (Lipinski definition) is 6.